The quantitative estimate of drug-likeness (QED) is 0.629. The summed E-state index contributed by atoms with van der Waals surface area (Å²) in [5.74, 6) is -0.162. The monoisotopic (exact) mass is 430 g/mol. The van der Waals surface area contributed by atoms with Gasteiger partial charge in [0.1, 0.15) is 11.3 Å². The summed E-state index contributed by atoms with van der Waals surface area (Å²) in [6.07, 6.45) is 0. The van der Waals surface area contributed by atoms with Crippen LogP contribution < -0.4 is 4.74 Å². The molecule has 0 bridgehead atoms. The van der Waals surface area contributed by atoms with Gasteiger partial charge in [-0.05, 0) is 43.7 Å². The minimum atomic E-state index is -0.445. The zero-order chi connectivity index (χ0) is 21.5. The van der Waals surface area contributed by atoms with Gasteiger partial charge in [-0.25, -0.2) is 4.79 Å². The van der Waals surface area contributed by atoms with Gasteiger partial charge in [-0.1, -0.05) is 35.4 Å². The van der Waals surface area contributed by atoms with Crippen molar-refractivity contribution >= 4 is 23.5 Å². The largest absolute Gasteiger partial charge is 0.483 e. The van der Waals surface area contributed by atoms with Crippen LogP contribution in [-0.2, 0) is 16.1 Å². The van der Waals surface area contributed by atoms with Crippen molar-refractivity contribution in [1.82, 2.24) is 9.80 Å². The molecule has 0 atom stereocenters. The summed E-state index contributed by atoms with van der Waals surface area (Å²) in [6.45, 7) is 7.55. The van der Waals surface area contributed by atoms with Crippen LogP contribution in [-0.4, -0.2) is 61.1 Å². The number of hydrogen-bond acceptors (Lipinski definition) is 5. The maximum Gasteiger partial charge on any atom is 0.341 e. The Morgan fingerprint density at radius 2 is 1.73 bits per heavy atom. The maximum atomic E-state index is 12.6. The van der Waals surface area contributed by atoms with Crippen LogP contribution in [0.15, 0.2) is 42.5 Å². The molecule has 6 nitrogen and oxygen atoms in total. The van der Waals surface area contributed by atoms with Crippen molar-refractivity contribution in [3.05, 3.63) is 64.2 Å². The molecule has 0 aliphatic carbocycles. The minimum absolute atomic E-state index is 0.0865. The first-order valence-corrected chi connectivity index (χ1v) is 10.5. The van der Waals surface area contributed by atoms with E-state index in [1.165, 1.54) is 5.56 Å². The van der Waals surface area contributed by atoms with Crippen molar-refractivity contribution in [2.45, 2.75) is 20.4 Å². The topological polar surface area (TPSA) is 59.1 Å². The average molecular weight is 431 g/mol. The number of carbonyl (C=O) groups excluding carboxylic acids is 2. The third-order valence-electron chi connectivity index (χ3n) is 5.03. The summed E-state index contributed by atoms with van der Waals surface area (Å²) in [4.78, 5) is 28.9. The lowest BCUT2D eigenvalue weighted by Gasteiger charge is -2.34. The van der Waals surface area contributed by atoms with Crippen LogP contribution in [0.3, 0.4) is 0 Å². The van der Waals surface area contributed by atoms with E-state index in [0.717, 1.165) is 30.2 Å². The number of hydrogen-bond donors (Lipinski definition) is 0. The zero-order valence-corrected chi connectivity index (χ0v) is 18.2. The van der Waals surface area contributed by atoms with Crippen molar-refractivity contribution in [1.29, 1.82) is 0 Å². The SMILES string of the molecule is CCOC(=O)c1cc(C)ccc1OCC(=O)N1CCN(Cc2ccc(Cl)cc2)CC1. The molecule has 2 aromatic carbocycles. The molecular weight excluding hydrogens is 404 g/mol. The number of piperazine rings is 1. The van der Waals surface area contributed by atoms with Crippen molar-refractivity contribution in [2.24, 2.45) is 0 Å². The molecule has 3 rings (SSSR count). The second kappa shape index (κ2) is 10.5. The Hall–Kier alpha value is -2.57. The number of rotatable bonds is 7. The van der Waals surface area contributed by atoms with E-state index in [9.17, 15) is 9.59 Å². The summed E-state index contributed by atoms with van der Waals surface area (Å²) in [6, 6.07) is 13.1. The Balaban J connectivity index is 1.50. The van der Waals surface area contributed by atoms with E-state index in [4.69, 9.17) is 21.1 Å². The smallest absolute Gasteiger partial charge is 0.341 e. The number of ether oxygens (including phenoxy) is 2. The number of halogens is 1. The number of aryl methyl sites for hydroxylation is 1. The van der Waals surface area contributed by atoms with Gasteiger partial charge in [0.25, 0.3) is 5.91 Å². The van der Waals surface area contributed by atoms with Crippen molar-refractivity contribution in [3.8, 4) is 5.75 Å². The lowest BCUT2D eigenvalue weighted by Crippen LogP contribution is -2.49. The van der Waals surface area contributed by atoms with Crippen molar-refractivity contribution in [2.75, 3.05) is 39.4 Å². The predicted molar refractivity (Wildman–Crippen MR) is 116 cm³/mol. The normalized spacial score (nSPS) is 14.4. The Labute approximate surface area is 182 Å². The zero-order valence-electron chi connectivity index (χ0n) is 17.4. The van der Waals surface area contributed by atoms with E-state index in [2.05, 4.69) is 4.90 Å². The first-order valence-electron chi connectivity index (χ1n) is 10.1. The molecule has 0 spiro atoms. The van der Waals surface area contributed by atoms with E-state index in [0.29, 0.717) is 24.4 Å². The van der Waals surface area contributed by atoms with Gasteiger partial charge >= 0.3 is 5.97 Å². The van der Waals surface area contributed by atoms with Crippen molar-refractivity contribution < 1.29 is 19.1 Å². The average Bonchev–Trinajstić information content (AvgIpc) is 2.75. The van der Waals surface area contributed by atoms with E-state index in [1.807, 2.05) is 37.3 Å². The van der Waals surface area contributed by atoms with Gasteiger partial charge in [0.2, 0.25) is 0 Å². The van der Waals surface area contributed by atoms with E-state index in [1.54, 1.807) is 24.0 Å². The van der Waals surface area contributed by atoms with Crippen LogP contribution in [0.1, 0.15) is 28.4 Å². The fourth-order valence-electron chi connectivity index (χ4n) is 3.37. The molecule has 1 aliphatic rings. The van der Waals surface area contributed by atoms with Crippen LogP contribution in [0.4, 0.5) is 0 Å². The summed E-state index contributed by atoms with van der Waals surface area (Å²) in [7, 11) is 0. The highest BCUT2D eigenvalue weighted by Gasteiger charge is 2.22. The summed E-state index contributed by atoms with van der Waals surface area (Å²) < 4.78 is 10.8. The molecule has 30 heavy (non-hydrogen) atoms. The molecule has 0 radical (unpaired) electrons. The Bertz CT molecular complexity index is 877. The first kappa shape index (κ1) is 22.1. The molecule has 1 amide bonds. The molecule has 160 valence electrons. The molecule has 0 aromatic heterocycles. The van der Waals surface area contributed by atoms with Crippen LogP contribution in [0.5, 0.6) is 5.75 Å². The predicted octanol–water partition coefficient (Wildman–Crippen LogP) is 3.55. The summed E-state index contributed by atoms with van der Waals surface area (Å²) in [5.41, 5.74) is 2.47. The summed E-state index contributed by atoms with van der Waals surface area (Å²) in [5, 5.41) is 0.730. The number of amides is 1. The van der Waals surface area contributed by atoms with Gasteiger partial charge < -0.3 is 14.4 Å². The standard InChI is InChI=1S/C23H27ClN2O4/c1-3-29-23(28)20-14-17(2)4-9-21(20)30-16-22(27)26-12-10-25(11-13-26)15-18-5-7-19(24)8-6-18/h4-9,14H,3,10-13,15-16H2,1-2H3. The van der Waals surface area contributed by atoms with E-state index < -0.39 is 5.97 Å². The van der Waals surface area contributed by atoms with Crippen LogP contribution >= 0.6 is 11.6 Å². The van der Waals surface area contributed by atoms with Gasteiger partial charge in [0, 0.05) is 37.7 Å². The van der Waals surface area contributed by atoms with Gasteiger partial charge in [-0.3, -0.25) is 9.69 Å². The molecule has 0 saturated carbocycles. The molecule has 0 unspecified atom stereocenters. The number of nitrogens with zero attached hydrogens (tertiary/aromatic N) is 2. The third-order valence-corrected chi connectivity index (χ3v) is 5.28. The molecule has 1 heterocycles. The number of benzene rings is 2. The highest BCUT2D eigenvalue weighted by atomic mass is 35.5. The van der Waals surface area contributed by atoms with Gasteiger partial charge in [-0.15, -0.1) is 0 Å². The fourth-order valence-corrected chi connectivity index (χ4v) is 3.50. The van der Waals surface area contributed by atoms with Crippen molar-refractivity contribution in [3.63, 3.8) is 0 Å². The maximum absolute atomic E-state index is 12.6. The molecular formula is C23H27ClN2O4. The lowest BCUT2D eigenvalue weighted by atomic mass is 10.1. The van der Waals surface area contributed by atoms with Crippen LogP contribution in [0.25, 0.3) is 0 Å². The molecule has 1 aliphatic heterocycles. The summed E-state index contributed by atoms with van der Waals surface area (Å²) >= 11 is 5.94. The molecule has 0 N–H and O–H groups in total. The van der Waals surface area contributed by atoms with E-state index in [-0.39, 0.29) is 19.1 Å². The number of carbonyl (C=O) groups is 2. The van der Waals surface area contributed by atoms with E-state index >= 15 is 0 Å². The highest BCUT2D eigenvalue weighted by molar-refractivity contribution is 6.30. The highest BCUT2D eigenvalue weighted by Crippen LogP contribution is 2.21. The van der Waals surface area contributed by atoms with Crippen LogP contribution in [0, 0.1) is 6.92 Å². The number of esters is 1. The van der Waals surface area contributed by atoms with Crippen LogP contribution in [0.2, 0.25) is 5.02 Å². The Kier molecular flexibility index (Phi) is 7.71. The second-order valence-corrected chi connectivity index (χ2v) is 7.73. The molecule has 1 saturated heterocycles. The molecule has 1 fully saturated rings. The Morgan fingerprint density at radius 3 is 2.40 bits per heavy atom. The second-order valence-electron chi connectivity index (χ2n) is 7.29. The minimum Gasteiger partial charge on any atom is -0.483 e. The lowest BCUT2D eigenvalue weighted by molar-refractivity contribution is -0.135. The molecule has 7 heteroatoms. The van der Waals surface area contributed by atoms with Gasteiger partial charge in [-0.2, -0.15) is 0 Å². The Morgan fingerprint density at radius 1 is 1.03 bits per heavy atom. The third kappa shape index (κ3) is 5.97. The molecule has 2 aromatic rings. The first-order chi connectivity index (χ1) is 14.5. The van der Waals surface area contributed by atoms with Gasteiger partial charge in [0.05, 0.1) is 6.61 Å². The van der Waals surface area contributed by atoms with Gasteiger partial charge in [0.15, 0.2) is 6.61 Å². The fraction of sp³-hybridized carbons (Fsp3) is 0.391.